The summed E-state index contributed by atoms with van der Waals surface area (Å²) >= 11 is 0. The number of aliphatic imine (C=N–C) groups is 1. The fourth-order valence-corrected chi connectivity index (χ4v) is 3.05. The lowest BCUT2D eigenvalue weighted by atomic mass is 9.81. The summed E-state index contributed by atoms with van der Waals surface area (Å²) in [5.74, 6) is 0.315. The van der Waals surface area contributed by atoms with E-state index in [4.69, 9.17) is 4.99 Å². The Balaban J connectivity index is 2.20. The van der Waals surface area contributed by atoms with Gasteiger partial charge >= 0.3 is 0 Å². The summed E-state index contributed by atoms with van der Waals surface area (Å²) in [6.07, 6.45) is 4.70. The second kappa shape index (κ2) is 7.36. The molecule has 0 atom stereocenters. The lowest BCUT2D eigenvalue weighted by molar-refractivity contribution is 0.353. The number of hydrogen-bond acceptors (Lipinski definition) is 2. The summed E-state index contributed by atoms with van der Waals surface area (Å²) in [7, 11) is 2.04. The molecule has 0 amide bonds. The third-order valence-electron chi connectivity index (χ3n) is 4.39. The van der Waals surface area contributed by atoms with E-state index in [1.54, 1.807) is 12.1 Å². The maximum absolute atomic E-state index is 13.2. The maximum Gasteiger partial charge on any atom is 0.123 e. The molecule has 3 heteroatoms. The number of hydrogen-bond donors (Lipinski definition) is 1. The van der Waals surface area contributed by atoms with Gasteiger partial charge < -0.3 is 5.32 Å². The molecule has 0 aromatic heterocycles. The maximum atomic E-state index is 13.2. The summed E-state index contributed by atoms with van der Waals surface area (Å²) in [5, 5.41) is 3.38. The summed E-state index contributed by atoms with van der Waals surface area (Å²) in [4.78, 5) is 4.94. The SMILES string of the molecule is CNC1CCC(C(=NCC(C)(C)C)c2ccc(F)cc2)CC1. The molecule has 2 nitrogen and oxygen atoms in total. The van der Waals surface area contributed by atoms with Gasteiger partial charge in [0, 0.05) is 24.2 Å². The molecular formula is C19H29FN2. The average molecular weight is 304 g/mol. The zero-order valence-electron chi connectivity index (χ0n) is 14.3. The van der Waals surface area contributed by atoms with Gasteiger partial charge in [-0.15, -0.1) is 0 Å². The molecule has 0 spiro atoms. The van der Waals surface area contributed by atoms with Crippen LogP contribution < -0.4 is 5.32 Å². The van der Waals surface area contributed by atoms with E-state index in [-0.39, 0.29) is 11.2 Å². The molecule has 0 unspecified atom stereocenters. The largest absolute Gasteiger partial charge is 0.317 e. The van der Waals surface area contributed by atoms with Gasteiger partial charge in [-0.3, -0.25) is 4.99 Å². The van der Waals surface area contributed by atoms with Gasteiger partial charge in [0.25, 0.3) is 0 Å². The molecule has 1 aromatic rings. The average Bonchev–Trinajstić information content (AvgIpc) is 2.49. The predicted molar refractivity (Wildman–Crippen MR) is 92.1 cm³/mol. The molecule has 0 saturated heterocycles. The Morgan fingerprint density at radius 1 is 1.14 bits per heavy atom. The van der Waals surface area contributed by atoms with E-state index in [1.807, 2.05) is 19.2 Å². The van der Waals surface area contributed by atoms with Crippen LogP contribution in [0.5, 0.6) is 0 Å². The van der Waals surface area contributed by atoms with Crippen LogP contribution in [0.1, 0.15) is 52.0 Å². The fourth-order valence-electron chi connectivity index (χ4n) is 3.05. The van der Waals surface area contributed by atoms with E-state index in [9.17, 15) is 4.39 Å². The van der Waals surface area contributed by atoms with Gasteiger partial charge in [0.1, 0.15) is 5.82 Å². The highest BCUT2D eigenvalue weighted by atomic mass is 19.1. The van der Waals surface area contributed by atoms with E-state index in [0.717, 1.165) is 24.9 Å². The van der Waals surface area contributed by atoms with Crippen LogP contribution in [-0.4, -0.2) is 25.3 Å². The van der Waals surface area contributed by atoms with Crippen molar-refractivity contribution >= 4 is 5.71 Å². The van der Waals surface area contributed by atoms with Crippen molar-refractivity contribution in [3.63, 3.8) is 0 Å². The van der Waals surface area contributed by atoms with Crippen molar-refractivity contribution in [2.75, 3.05) is 13.6 Å². The Kier molecular flexibility index (Phi) is 5.74. The molecule has 122 valence electrons. The summed E-state index contributed by atoms with van der Waals surface area (Å²) < 4.78 is 13.2. The molecule has 22 heavy (non-hydrogen) atoms. The predicted octanol–water partition coefficient (Wildman–Crippen LogP) is 4.44. The van der Waals surface area contributed by atoms with Crippen LogP contribution in [0.15, 0.2) is 29.3 Å². The van der Waals surface area contributed by atoms with E-state index >= 15 is 0 Å². The van der Waals surface area contributed by atoms with Crippen LogP contribution in [0.3, 0.4) is 0 Å². The van der Waals surface area contributed by atoms with Crippen molar-refractivity contribution in [2.24, 2.45) is 16.3 Å². The number of nitrogens with zero attached hydrogens (tertiary/aromatic N) is 1. The first-order chi connectivity index (χ1) is 10.4. The highest BCUT2D eigenvalue weighted by Crippen LogP contribution is 2.29. The smallest absolute Gasteiger partial charge is 0.123 e. The summed E-state index contributed by atoms with van der Waals surface area (Å²) in [5.41, 5.74) is 2.43. The van der Waals surface area contributed by atoms with E-state index in [1.165, 1.54) is 18.6 Å². The molecule has 1 aliphatic carbocycles. The van der Waals surface area contributed by atoms with Crippen molar-refractivity contribution in [1.29, 1.82) is 0 Å². The quantitative estimate of drug-likeness (QED) is 0.817. The van der Waals surface area contributed by atoms with Crippen LogP contribution in [-0.2, 0) is 0 Å². The topological polar surface area (TPSA) is 24.4 Å². The Bertz CT molecular complexity index is 491. The van der Waals surface area contributed by atoms with Crippen molar-refractivity contribution in [1.82, 2.24) is 5.32 Å². The van der Waals surface area contributed by atoms with E-state index in [2.05, 4.69) is 26.1 Å². The van der Waals surface area contributed by atoms with Gasteiger partial charge in [-0.05, 0) is 55.8 Å². The van der Waals surface area contributed by atoms with Crippen LogP contribution in [0, 0.1) is 17.2 Å². The molecule has 1 aliphatic rings. The van der Waals surface area contributed by atoms with Gasteiger partial charge in [-0.25, -0.2) is 4.39 Å². The highest BCUT2D eigenvalue weighted by molar-refractivity contribution is 6.02. The number of benzene rings is 1. The first kappa shape index (κ1) is 17.1. The molecule has 2 rings (SSSR count). The van der Waals surface area contributed by atoms with Crippen molar-refractivity contribution in [2.45, 2.75) is 52.5 Å². The van der Waals surface area contributed by atoms with Crippen molar-refractivity contribution in [3.05, 3.63) is 35.6 Å². The van der Waals surface area contributed by atoms with E-state index < -0.39 is 0 Å². The Labute approximate surface area is 134 Å². The normalized spacial score (nSPS) is 23.6. The first-order valence-electron chi connectivity index (χ1n) is 8.36. The highest BCUT2D eigenvalue weighted by Gasteiger charge is 2.25. The minimum Gasteiger partial charge on any atom is -0.317 e. The van der Waals surface area contributed by atoms with Gasteiger partial charge in [-0.2, -0.15) is 0 Å². The molecular weight excluding hydrogens is 275 g/mol. The molecule has 0 heterocycles. The van der Waals surface area contributed by atoms with Crippen LogP contribution in [0.25, 0.3) is 0 Å². The zero-order chi connectivity index (χ0) is 16.2. The van der Waals surface area contributed by atoms with Crippen LogP contribution >= 0.6 is 0 Å². The van der Waals surface area contributed by atoms with Crippen molar-refractivity contribution < 1.29 is 4.39 Å². The number of nitrogens with one attached hydrogen (secondary N) is 1. The Morgan fingerprint density at radius 3 is 2.23 bits per heavy atom. The Morgan fingerprint density at radius 2 is 1.73 bits per heavy atom. The lowest BCUT2D eigenvalue weighted by Gasteiger charge is -2.30. The minimum absolute atomic E-state index is 0.174. The van der Waals surface area contributed by atoms with Crippen LogP contribution in [0.4, 0.5) is 4.39 Å². The summed E-state index contributed by atoms with van der Waals surface area (Å²) in [6, 6.07) is 7.47. The molecule has 1 saturated carbocycles. The number of halogens is 1. The molecule has 0 bridgehead atoms. The van der Waals surface area contributed by atoms with Gasteiger partial charge in [0.2, 0.25) is 0 Å². The Hall–Kier alpha value is -1.22. The minimum atomic E-state index is -0.183. The number of rotatable bonds is 4. The van der Waals surface area contributed by atoms with Gasteiger partial charge in [0.05, 0.1) is 0 Å². The van der Waals surface area contributed by atoms with Crippen LogP contribution in [0.2, 0.25) is 0 Å². The molecule has 0 radical (unpaired) electrons. The second-order valence-corrected chi connectivity index (χ2v) is 7.61. The fraction of sp³-hybridized carbons (Fsp3) is 0.632. The zero-order valence-corrected chi connectivity index (χ0v) is 14.3. The molecule has 1 N–H and O–H groups in total. The second-order valence-electron chi connectivity index (χ2n) is 7.61. The molecule has 1 fully saturated rings. The lowest BCUT2D eigenvalue weighted by Crippen LogP contribution is -2.33. The van der Waals surface area contributed by atoms with E-state index in [0.29, 0.717) is 12.0 Å². The monoisotopic (exact) mass is 304 g/mol. The van der Waals surface area contributed by atoms with Gasteiger partial charge in [0.15, 0.2) is 0 Å². The summed E-state index contributed by atoms with van der Waals surface area (Å²) in [6.45, 7) is 7.43. The van der Waals surface area contributed by atoms with Gasteiger partial charge in [-0.1, -0.05) is 32.9 Å². The standard InChI is InChI=1S/C19H29FN2/c1-19(2,3)13-22-18(14-5-9-16(20)10-6-14)15-7-11-17(21-4)12-8-15/h5-6,9-10,15,17,21H,7-8,11-13H2,1-4H3. The first-order valence-corrected chi connectivity index (χ1v) is 8.36. The van der Waals surface area contributed by atoms with Crippen molar-refractivity contribution in [3.8, 4) is 0 Å². The molecule has 1 aromatic carbocycles. The third kappa shape index (κ3) is 4.91. The third-order valence-corrected chi connectivity index (χ3v) is 4.39. The molecule has 0 aliphatic heterocycles.